The second-order valence-corrected chi connectivity index (χ2v) is 8.16. The SMILES string of the molecule is COCCc1c(C(C)(C)C)cc(OCCCl)cc1C(C)(C)C. The van der Waals surface area contributed by atoms with Crippen molar-refractivity contribution in [2.24, 2.45) is 0 Å². The summed E-state index contributed by atoms with van der Waals surface area (Å²) >= 11 is 5.77. The predicted octanol–water partition coefficient (Wildman–Crippen LogP) is 5.09. The summed E-state index contributed by atoms with van der Waals surface area (Å²) in [4.78, 5) is 0. The van der Waals surface area contributed by atoms with Crippen molar-refractivity contribution in [1.82, 2.24) is 0 Å². The van der Waals surface area contributed by atoms with Crippen LogP contribution in [-0.4, -0.2) is 26.2 Å². The lowest BCUT2D eigenvalue weighted by Gasteiger charge is -2.31. The molecule has 1 aromatic carbocycles. The molecular weight excluding hydrogens is 296 g/mol. The molecule has 0 bridgehead atoms. The van der Waals surface area contributed by atoms with E-state index < -0.39 is 0 Å². The molecule has 0 fully saturated rings. The standard InChI is InChI=1S/C19H31ClO2/c1-18(2,3)16-12-14(22-11-9-20)13-17(19(4,5)6)15(16)8-10-21-7/h12-13H,8-11H2,1-7H3. The first kappa shape index (κ1) is 19.3. The Morgan fingerprint density at radius 3 is 1.77 bits per heavy atom. The molecule has 0 unspecified atom stereocenters. The van der Waals surface area contributed by atoms with Gasteiger partial charge in [-0.25, -0.2) is 0 Å². The minimum Gasteiger partial charge on any atom is -0.492 e. The van der Waals surface area contributed by atoms with Crippen molar-refractivity contribution in [3.63, 3.8) is 0 Å². The van der Waals surface area contributed by atoms with Crippen molar-refractivity contribution in [2.75, 3.05) is 26.2 Å². The van der Waals surface area contributed by atoms with Gasteiger partial charge in [0.25, 0.3) is 0 Å². The van der Waals surface area contributed by atoms with Crippen molar-refractivity contribution in [3.8, 4) is 5.75 Å². The highest BCUT2D eigenvalue weighted by Gasteiger charge is 2.26. The van der Waals surface area contributed by atoms with Crippen LogP contribution in [0.3, 0.4) is 0 Å². The van der Waals surface area contributed by atoms with E-state index in [-0.39, 0.29) is 10.8 Å². The maximum atomic E-state index is 5.82. The highest BCUT2D eigenvalue weighted by molar-refractivity contribution is 6.18. The fraction of sp³-hybridized carbons (Fsp3) is 0.684. The molecule has 0 saturated carbocycles. The van der Waals surface area contributed by atoms with Crippen molar-refractivity contribution < 1.29 is 9.47 Å². The monoisotopic (exact) mass is 326 g/mol. The summed E-state index contributed by atoms with van der Waals surface area (Å²) in [7, 11) is 1.76. The number of alkyl halides is 1. The van der Waals surface area contributed by atoms with Gasteiger partial charge >= 0.3 is 0 Å². The lowest BCUT2D eigenvalue weighted by Crippen LogP contribution is -2.22. The number of halogens is 1. The molecule has 0 aromatic heterocycles. The molecule has 0 aliphatic heterocycles. The van der Waals surface area contributed by atoms with Crippen molar-refractivity contribution in [3.05, 3.63) is 28.8 Å². The third kappa shape index (κ3) is 5.17. The molecule has 1 rings (SSSR count). The molecule has 0 amide bonds. The Hall–Kier alpha value is -0.730. The lowest BCUT2D eigenvalue weighted by molar-refractivity contribution is 0.201. The molecule has 0 radical (unpaired) electrons. The van der Waals surface area contributed by atoms with Gasteiger partial charge < -0.3 is 9.47 Å². The second-order valence-electron chi connectivity index (χ2n) is 7.78. The molecule has 0 N–H and O–H groups in total. The van der Waals surface area contributed by atoms with E-state index >= 15 is 0 Å². The molecule has 0 atom stereocenters. The van der Waals surface area contributed by atoms with Crippen LogP contribution in [0.4, 0.5) is 0 Å². The van der Waals surface area contributed by atoms with Crippen molar-refractivity contribution in [1.29, 1.82) is 0 Å². The first-order valence-corrected chi connectivity index (χ1v) is 8.50. The van der Waals surface area contributed by atoms with Gasteiger partial charge in [-0.2, -0.15) is 0 Å². The molecule has 0 aliphatic carbocycles. The van der Waals surface area contributed by atoms with Crippen LogP contribution in [-0.2, 0) is 22.0 Å². The number of hydrogen-bond donors (Lipinski definition) is 0. The number of rotatable bonds is 6. The Bertz CT molecular complexity index is 446. The smallest absolute Gasteiger partial charge is 0.119 e. The molecule has 0 heterocycles. The number of ether oxygens (including phenoxy) is 2. The zero-order valence-electron chi connectivity index (χ0n) is 15.2. The van der Waals surface area contributed by atoms with Crippen LogP contribution in [0.2, 0.25) is 0 Å². The second kappa shape index (κ2) is 7.70. The molecule has 22 heavy (non-hydrogen) atoms. The van der Waals surface area contributed by atoms with E-state index in [1.54, 1.807) is 7.11 Å². The van der Waals surface area contributed by atoms with Gasteiger partial charge in [0.2, 0.25) is 0 Å². The zero-order valence-corrected chi connectivity index (χ0v) is 15.9. The fourth-order valence-electron chi connectivity index (χ4n) is 2.70. The van der Waals surface area contributed by atoms with Gasteiger partial charge in [-0.1, -0.05) is 41.5 Å². The van der Waals surface area contributed by atoms with Gasteiger partial charge in [0, 0.05) is 7.11 Å². The molecule has 3 heteroatoms. The maximum Gasteiger partial charge on any atom is 0.119 e. The molecule has 2 nitrogen and oxygen atoms in total. The summed E-state index contributed by atoms with van der Waals surface area (Å²) in [6, 6.07) is 4.35. The first-order chi connectivity index (χ1) is 10.1. The normalized spacial score (nSPS) is 12.5. The predicted molar refractivity (Wildman–Crippen MR) is 95.6 cm³/mol. The zero-order chi connectivity index (χ0) is 17.0. The van der Waals surface area contributed by atoms with E-state index in [1.807, 2.05) is 0 Å². The van der Waals surface area contributed by atoms with Crippen LogP contribution in [0, 0.1) is 0 Å². The van der Waals surface area contributed by atoms with Gasteiger partial charge in [0.05, 0.1) is 12.5 Å². The quantitative estimate of drug-likeness (QED) is 0.678. The summed E-state index contributed by atoms with van der Waals surface area (Å²) in [6.07, 6.45) is 0.922. The Labute approximate surface area is 141 Å². The van der Waals surface area contributed by atoms with Crippen LogP contribution in [0.1, 0.15) is 58.2 Å². The van der Waals surface area contributed by atoms with E-state index in [4.69, 9.17) is 21.1 Å². The van der Waals surface area contributed by atoms with Gasteiger partial charge in [0.15, 0.2) is 0 Å². The van der Waals surface area contributed by atoms with Crippen LogP contribution in [0.25, 0.3) is 0 Å². The average molecular weight is 327 g/mol. The Balaban J connectivity index is 3.47. The fourth-order valence-corrected chi connectivity index (χ4v) is 2.77. The minimum atomic E-state index is 0.0589. The maximum absolute atomic E-state index is 5.82. The first-order valence-electron chi connectivity index (χ1n) is 7.97. The largest absolute Gasteiger partial charge is 0.492 e. The molecule has 1 aromatic rings. The van der Waals surface area contributed by atoms with E-state index in [0.29, 0.717) is 12.5 Å². The van der Waals surface area contributed by atoms with Gasteiger partial charge in [-0.05, 0) is 46.1 Å². The average Bonchev–Trinajstić information content (AvgIpc) is 2.40. The van der Waals surface area contributed by atoms with Gasteiger partial charge in [-0.3, -0.25) is 0 Å². The Morgan fingerprint density at radius 2 is 1.41 bits per heavy atom. The van der Waals surface area contributed by atoms with Crippen LogP contribution in [0.15, 0.2) is 12.1 Å². The van der Waals surface area contributed by atoms with Crippen molar-refractivity contribution in [2.45, 2.75) is 58.8 Å². The molecule has 0 spiro atoms. The number of methoxy groups -OCH3 is 1. The Morgan fingerprint density at radius 1 is 0.909 bits per heavy atom. The minimum absolute atomic E-state index is 0.0589. The van der Waals surface area contributed by atoms with E-state index in [0.717, 1.165) is 18.8 Å². The van der Waals surface area contributed by atoms with Crippen molar-refractivity contribution >= 4 is 11.6 Å². The number of hydrogen-bond acceptors (Lipinski definition) is 2. The number of benzene rings is 1. The molecule has 0 aliphatic rings. The van der Waals surface area contributed by atoms with Crippen LogP contribution in [0.5, 0.6) is 5.75 Å². The van der Waals surface area contributed by atoms with E-state index in [1.165, 1.54) is 16.7 Å². The third-order valence-corrected chi connectivity index (χ3v) is 3.90. The summed E-state index contributed by atoms with van der Waals surface area (Å²) in [5.74, 6) is 1.41. The third-order valence-electron chi connectivity index (χ3n) is 3.74. The van der Waals surface area contributed by atoms with Crippen LogP contribution >= 0.6 is 11.6 Å². The lowest BCUT2D eigenvalue weighted by atomic mass is 9.75. The van der Waals surface area contributed by atoms with Gasteiger partial charge in [0.1, 0.15) is 12.4 Å². The molecule has 0 saturated heterocycles. The van der Waals surface area contributed by atoms with Crippen LogP contribution < -0.4 is 4.74 Å². The summed E-state index contributed by atoms with van der Waals surface area (Å²) in [5.41, 5.74) is 4.18. The van der Waals surface area contributed by atoms with E-state index in [2.05, 4.69) is 53.7 Å². The molecule has 126 valence electrons. The Kier molecular flexibility index (Phi) is 6.76. The molecular formula is C19H31ClO2. The summed E-state index contributed by atoms with van der Waals surface area (Å²) in [5, 5.41) is 0. The highest BCUT2D eigenvalue weighted by Crippen LogP contribution is 2.37. The topological polar surface area (TPSA) is 18.5 Å². The highest BCUT2D eigenvalue weighted by atomic mass is 35.5. The summed E-state index contributed by atoms with van der Waals surface area (Å²) in [6.45, 7) is 14.7. The van der Waals surface area contributed by atoms with Gasteiger partial charge in [-0.15, -0.1) is 11.6 Å². The summed E-state index contributed by atoms with van der Waals surface area (Å²) < 4.78 is 11.2. The van der Waals surface area contributed by atoms with E-state index in [9.17, 15) is 0 Å².